The molecular weight excluding hydrogens is 428 g/mol. The molecule has 5 rings (SSSR count). The summed E-state index contributed by atoms with van der Waals surface area (Å²) >= 11 is 1.34. The van der Waals surface area contributed by atoms with E-state index in [2.05, 4.69) is 15.2 Å². The number of esters is 1. The molecule has 0 N–H and O–H groups in total. The number of methoxy groups -OCH3 is 1. The summed E-state index contributed by atoms with van der Waals surface area (Å²) in [5, 5.41) is 9.06. The van der Waals surface area contributed by atoms with Gasteiger partial charge in [0.1, 0.15) is 21.3 Å². The third-order valence-electron chi connectivity index (χ3n) is 5.53. The fourth-order valence-electron chi connectivity index (χ4n) is 3.59. The van der Waals surface area contributed by atoms with E-state index in [0.29, 0.717) is 16.7 Å². The lowest BCUT2D eigenvalue weighted by Gasteiger charge is -2.08. The second-order valence-corrected chi connectivity index (χ2v) is 8.90. The van der Waals surface area contributed by atoms with E-state index >= 15 is 0 Å². The summed E-state index contributed by atoms with van der Waals surface area (Å²) in [7, 11) is 1.61. The van der Waals surface area contributed by atoms with Gasteiger partial charge in [0.15, 0.2) is 6.10 Å². The Morgan fingerprint density at radius 2 is 1.91 bits per heavy atom. The van der Waals surface area contributed by atoms with Crippen LogP contribution in [-0.2, 0) is 4.74 Å². The highest BCUT2D eigenvalue weighted by Crippen LogP contribution is 2.40. The topological polar surface area (TPSA) is 100 Å². The predicted octanol–water partition coefficient (Wildman–Crippen LogP) is 5.16. The van der Waals surface area contributed by atoms with Crippen molar-refractivity contribution in [1.29, 1.82) is 0 Å². The number of rotatable bonds is 6. The molecule has 0 amide bonds. The average Bonchev–Trinajstić information content (AvgIpc) is 3.42. The van der Waals surface area contributed by atoms with Crippen LogP contribution in [0.15, 0.2) is 28.7 Å². The third-order valence-corrected chi connectivity index (χ3v) is 6.69. The maximum absolute atomic E-state index is 12.9. The first-order chi connectivity index (χ1) is 15.4. The molecule has 1 fully saturated rings. The quantitative estimate of drug-likeness (QED) is 0.371. The molecule has 1 aliphatic rings. The summed E-state index contributed by atoms with van der Waals surface area (Å²) in [5.74, 6) is 2.21. The summed E-state index contributed by atoms with van der Waals surface area (Å²) in [5.41, 5.74) is 2.49. The number of ether oxygens (including phenoxy) is 2. The number of carbonyl (C=O) groups is 1. The van der Waals surface area contributed by atoms with Crippen LogP contribution < -0.4 is 4.74 Å². The number of carbonyl (C=O) groups excluding carboxylic acids is 1. The molecule has 164 valence electrons. The molecule has 1 atom stereocenters. The van der Waals surface area contributed by atoms with E-state index in [0.717, 1.165) is 51.5 Å². The van der Waals surface area contributed by atoms with Crippen LogP contribution in [0.2, 0.25) is 0 Å². The summed E-state index contributed by atoms with van der Waals surface area (Å²) < 4.78 is 16.6. The van der Waals surface area contributed by atoms with Gasteiger partial charge >= 0.3 is 5.97 Å². The zero-order valence-corrected chi connectivity index (χ0v) is 19.0. The molecule has 3 heterocycles. The lowest BCUT2D eigenvalue weighted by molar-refractivity contribution is 0.0285. The molecule has 0 unspecified atom stereocenters. The molecule has 0 aliphatic heterocycles. The van der Waals surface area contributed by atoms with E-state index in [9.17, 15) is 4.79 Å². The number of hydrogen-bond donors (Lipinski definition) is 0. The van der Waals surface area contributed by atoms with E-state index in [4.69, 9.17) is 18.9 Å². The van der Waals surface area contributed by atoms with Gasteiger partial charge in [0, 0.05) is 16.9 Å². The fourth-order valence-corrected chi connectivity index (χ4v) is 4.71. The number of aromatic nitrogens is 4. The van der Waals surface area contributed by atoms with Gasteiger partial charge < -0.3 is 13.9 Å². The summed E-state index contributed by atoms with van der Waals surface area (Å²) in [4.78, 5) is 23.6. The monoisotopic (exact) mass is 450 g/mol. The van der Waals surface area contributed by atoms with Gasteiger partial charge in [-0.2, -0.15) is 0 Å². The molecule has 9 heteroatoms. The Morgan fingerprint density at radius 3 is 2.59 bits per heavy atom. The van der Waals surface area contributed by atoms with Crippen molar-refractivity contribution in [1.82, 2.24) is 20.2 Å². The minimum atomic E-state index is -0.694. The van der Waals surface area contributed by atoms with Crippen molar-refractivity contribution in [3.63, 3.8) is 0 Å². The van der Waals surface area contributed by atoms with Gasteiger partial charge in [-0.25, -0.2) is 14.8 Å². The molecule has 0 saturated heterocycles. The van der Waals surface area contributed by atoms with Crippen LogP contribution in [0.4, 0.5) is 0 Å². The lowest BCUT2D eigenvalue weighted by Crippen LogP contribution is -2.09. The third kappa shape index (κ3) is 3.73. The zero-order valence-electron chi connectivity index (χ0n) is 18.2. The molecule has 0 spiro atoms. The van der Waals surface area contributed by atoms with Gasteiger partial charge in [0.05, 0.1) is 12.8 Å². The first kappa shape index (κ1) is 20.6. The Kier molecular flexibility index (Phi) is 5.13. The smallest absolute Gasteiger partial charge is 0.349 e. The molecule has 1 saturated carbocycles. The second kappa shape index (κ2) is 7.98. The molecule has 1 aliphatic carbocycles. The van der Waals surface area contributed by atoms with E-state index in [1.54, 1.807) is 14.0 Å². The number of benzene rings is 1. The number of thiophene rings is 1. The lowest BCUT2D eigenvalue weighted by atomic mass is 10.1. The minimum Gasteiger partial charge on any atom is -0.497 e. The normalized spacial score (nSPS) is 14.5. The molecule has 32 heavy (non-hydrogen) atoms. The van der Waals surface area contributed by atoms with Gasteiger partial charge in [0.2, 0.25) is 5.89 Å². The fraction of sp³-hybridized carbons (Fsp3) is 0.348. The average molecular weight is 451 g/mol. The van der Waals surface area contributed by atoms with Crippen LogP contribution in [0.1, 0.15) is 64.4 Å². The number of hydrogen-bond acceptors (Lipinski definition) is 9. The van der Waals surface area contributed by atoms with Crippen molar-refractivity contribution in [3.8, 4) is 17.2 Å². The van der Waals surface area contributed by atoms with Gasteiger partial charge in [-0.1, -0.05) is 0 Å². The van der Waals surface area contributed by atoms with Crippen LogP contribution in [0.3, 0.4) is 0 Å². The van der Waals surface area contributed by atoms with Gasteiger partial charge in [-0.3, -0.25) is 0 Å². The Balaban J connectivity index is 1.35. The van der Waals surface area contributed by atoms with Crippen LogP contribution >= 0.6 is 11.3 Å². The number of nitrogens with zero attached hydrogens (tertiary/aromatic N) is 4. The van der Waals surface area contributed by atoms with Crippen LogP contribution in [0.5, 0.6) is 5.75 Å². The van der Waals surface area contributed by atoms with Crippen molar-refractivity contribution >= 4 is 27.5 Å². The standard InChI is InChI=1S/C23H22N4O4S/c1-11-17-12(2)24-19(14-5-6-14)25-22(17)32-18(11)23(28)30-13(3)20-26-27-21(31-20)15-7-9-16(29-4)10-8-15/h7-10,13-14H,5-6H2,1-4H3/t13-/m0/s1. The minimum absolute atomic E-state index is 0.231. The van der Waals surface area contributed by atoms with Gasteiger partial charge in [0.25, 0.3) is 5.89 Å². The van der Waals surface area contributed by atoms with E-state index in [-0.39, 0.29) is 5.89 Å². The Labute approximate surface area is 188 Å². The first-order valence-electron chi connectivity index (χ1n) is 10.4. The van der Waals surface area contributed by atoms with Gasteiger partial charge in [-0.05, 0) is 63.4 Å². The molecule has 3 aromatic heterocycles. The predicted molar refractivity (Wildman–Crippen MR) is 119 cm³/mol. The molecule has 1 aromatic carbocycles. The summed E-state index contributed by atoms with van der Waals surface area (Å²) in [6.45, 7) is 5.58. The van der Waals surface area contributed by atoms with E-state index in [1.165, 1.54) is 11.3 Å². The van der Waals surface area contributed by atoms with Crippen molar-refractivity contribution < 1.29 is 18.7 Å². The van der Waals surface area contributed by atoms with Crippen molar-refractivity contribution in [2.75, 3.05) is 7.11 Å². The summed E-state index contributed by atoms with van der Waals surface area (Å²) in [6, 6.07) is 7.28. The highest BCUT2D eigenvalue weighted by atomic mass is 32.1. The van der Waals surface area contributed by atoms with E-state index < -0.39 is 12.1 Å². The largest absolute Gasteiger partial charge is 0.497 e. The Morgan fingerprint density at radius 1 is 1.16 bits per heavy atom. The zero-order chi connectivity index (χ0) is 22.4. The molecule has 0 bridgehead atoms. The molecule has 0 radical (unpaired) electrons. The first-order valence-corrected chi connectivity index (χ1v) is 11.2. The highest BCUT2D eigenvalue weighted by Gasteiger charge is 2.29. The summed E-state index contributed by atoms with van der Waals surface area (Å²) in [6.07, 6.45) is 1.57. The molecule has 4 aromatic rings. The van der Waals surface area contributed by atoms with Crippen LogP contribution in [-0.4, -0.2) is 33.2 Å². The molecular formula is C23H22N4O4S. The Bertz CT molecular complexity index is 1310. The van der Waals surface area contributed by atoms with Crippen molar-refractivity contribution in [3.05, 3.63) is 52.1 Å². The second-order valence-electron chi connectivity index (χ2n) is 7.90. The van der Waals surface area contributed by atoms with Gasteiger partial charge in [-0.15, -0.1) is 21.5 Å². The maximum Gasteiger partial charge on any atom is 0.349 e. The van der Waals surface area contributed by atoms with Crippen LogP contribution in [0, 0.1) is 13.8 Å². The van der Waals surface area contributed by atoms with E-state index in [1.807, 2.05) is 38.1 Å². The Hall–Kier alpha value is -3.33. The van der Waals surface area contributed by atoms with Crippen molar-refractivity contribution in [2.45, 2.75) is 45.6 Å². The SMILES string of the molecule is COc1ccc(-c2nnc([C@H](C)OC(=O)c3sc4nc(C5CC5)nc(C)c4c3C)o2)cc1. The van der Waals surface area contributed by atoms with Crippen LogP contribution in [0.25, 0.3) is 21.7 Å². The highest BCUT2D eigenvalue weighted by molar-refractivity contribution is 7.20. The maximum atomic E-state index is 12.9. The number of aryl methyl sites for hydroxylation is 2. The van der Waals surface area contributed by atoms with Crippen molar-refractivity contribution in [2.24, 2.45) is 0 Å². The number of fused-ring (bicyclic) bond motifs is 1. The molecule has 8 nitrogen and oxygen atoms in total.